The van der Waals surface area contributed by atoms with Crippen molar-refractivity contribution >= 4 is 0 Å². The number of hydrogen-bond donors (Lipinski definition) is 0. The first-order valence-electron chi connectivity index (χ1n) is 3.10. The highest BCUT2D eigenvalue weighted by atomic mass is 16.2. The Morgan fingerprint density at radius 3 is 2.62 bits per heavy atom. The Morgan fingerprint density at radius 1 is 1.62 bits per heavy atom. The van der Waals surface area contributed by atoms with Crippen molar-refractivity contribution in [3.05, 3.63) is 12.3 Å². The molecular weight excluding hydrogens is 100 g/mol. The highest BCUT2D eigenvalue weighted by Crippen LogP contribution is 2.04. The van der Waals surface area contributed by atoms with E-state index in [2.05, 4.69) is 13.8 Å². The van der Waals surface area contributed by atoms with Crippen LogP contribution in [0.15, 0.2) is 12.3 Å². The first-order chi connectivity index (χ1) is 3.81. The van der Waals surface area contributed by atoms with Crippen LogP contribution in [0.25, 0.3) is 0 Å². The minimum atomic E-state index is 0.470. The molecule has 0 aromatic rings. The summed E-state index contributed by atoms with van der Waals surface area (Å²) in [5.41, 5.74) is 0. The van der Waals surface area contributed by atoms with E-state index in [0.717, 1.165) is 19.1 Å². The number of hydrogen-bond acceptors (Lipinski definition) is 0. The van der Waals surface area contributed by atoms with Gasteiger partial charge in [-0.2, -0.15) is 0 Å². The molecule has 0 spiro atoms. The van der Waals surface area contributed by atoms with Crippen LogP contribution in [0.5, 0.6) is 0 Å². The summed E-state index contributed by atoms with van der Waals surface area (Å²) in [6, 6.07) is 0. The van der Waals surface area contributed by atoms with Crippen LogP contribution < -0.4 is 0 Å². The molecule has 0 rings (SSSR count). The van der Waals surface area contributed by atoms with E-state index in [-0.39, 0.29) is 0 Å². The predicted molar refractivity (Wildman–Crippen MR) is 33.9 cm³/mol. The molecule has 1 atom stereocenters. The van der Waals surface area contributed by atoms with Crippen molar-refractivity contribution in [1.29, 1.82) is 0 Å². The van der Waals surface area contributed by atoms with Gasteiger partial charge in [0, 0.05) is 0 Å². The Hall–Kier alpha value is -0.460. The molecule has 0 bridgehead atoms. The molecule has 0 N–H and O–H groups in total. The maximum Gasteiger partial charge on any atom is 0.139 e. The van der Waals surface area contributed by atoms with Crippen LogP contribution in [0.1, 0.15) is 26.7 Å². The van der Waals surface area contributed by atoms with E-state index in [0.29, 0.717) is 5.92 Å². The second-order valence-electron chi connectivity index (χ2n) is 2.09. The normalized spacial score (nSPS) is 14.8. The van der Waals surface area contributed by atoms with Gasteiger partial charge in [-0.25, -0.2) is 0 Å². The lowest BCUT2D eigenvalue weighted by atomic mass is 10.1. The first-order valence-corrected chi connectivity index (χ1v) is 3.10. The predicted octanol–water partition coefficient (Wildman–Crippen LogP) is 2.37. The van der Waals surface area contributed by atoms with Crippen molar-refractivity contribution in [3.63, 3.8) is 0 Å². The molecule has 0 aromatic heterocycles. The van der Waals surface area contributed by atoms with Gasteiger partial charge in [-0.3, -0.25) is 5.11 Å². The third kappa shape index (κ3) is 3.72. The van der Waals surface area contributed by atoms with Crippen LogP contribution in [-0.4, -0.2) is 0 Å². The molecule has 0 heterocycles. The van der Waals surface area contributed by atoms with Gasteiger partial charge in [-0.1, -0.05) is 20.3 Å². The zero-order chi connectivity index (χ0) is 6.41. The molecule has 0 aliphatic carbocycles. The molecule has 0 fully saturated rings. The van der Waals surface area contributed by atoms with E-state index in [1.54, 1.807) is 6.08 Å². The van der Waals surface area contributed by atoms with Gasteiger partial charge < -0.3 is 0 Å². The molecule has 0 aliphatic rings. The Bertz CT molecular complexity index is 66.8. The summed E-state index contributed by atoms with van der Waals surface area (Å²) in [7, 11) is 0. The Kier molecular flexibility index (Phi) is 4.42. The summed E-state index contributed by atoms with van der Waals surface area (Å²) in [5, 5.41) is 9.83. The fourth-order valence-corrected chi connectivity index (χ4v) is 0.686. The molecule has 1 unspecified atom stereocenters. The van der Waals surface area contributed by atoms with Gasteiger partial charge in [-0.05, 0) is 18.4 Å². The third-order valence-electron chi connectivity index (χ3n) is 1.15. The van der Waals surface area contributed by atoms with Gasteiger partial charge in [-0.15, -0.1) is 0 Å². The average Bonchev–Trinajstić information content (AvgIpc) is 1.68. The van der Waals surface area contributed by atoms with Crippen molar-refractivity contribution in [1.82, 2.24) is 0 Å². The van der Waals surface area contributed by atoms with Crippen LogP contribution in [0, 0.1) is 5.92 Å². The SMILES string of the molecule is CCCC(C)C=C[O]. The highest BCUT2D eigenvalue weighted by Gasteiger charge is 1.91. The quantitative estimate of drug-likeness (QED) is 0.501. The van der Waals surface area contributed by atoms with E-state index < -0.39 is 0 Å². The standard InChI is InChI=1S/C7H13O/c1-3-4-7(2)5-6-8/h5-7H,3-4H2,1-2H3. The lowest BCUT2D eigenvalue weighted by Crippen LogP contribution is -1.85. The fourth-order valence-electron chi connectivity index (χ4n) is 0.686. The largest absolute Gasteiger partial charge is 0.299 e. The van der Waals surface area contributed by atoms with Crippen LogP contribution in [0.2, 0.25) is 0 Å². The Balaban J connectivity index is 3.17. The second kappa shape index (κ2) is 4.69. The van der Waals surface area contributed by atoms with E-state index >= 15 is 0 Å². The minimum absolute atomic E-state index is 0.470. The van der Waals surface area contributed by atoms with Crippen molar-refractivity contribution in [3.8, 4) is 0 Å². The summed E-state index contributed by atoms with van der Waals surface area (Å²) >= 11 is 0. The second-order valence-corrected chi connectivity index (χ2v) is 2.09. The van der Waals surface area contributed by atoms with Crippen LogP contribution in [-0.2, 0) is 5.11 Å². The van der Waals surface area contributed by atoms with Crippen LogP contribution in [0.4, 0.5) is 0 Å². The molecule has 0 saturated heterocycles. The molecular formula is C7H13O. The molecule has 0 amide bonds. The monoisotopic (exact) mass is 113 g/mol. The maximum atomic E-state index is 9.83. The first kappa shape index (κ1) is 7.54. The number of allylic oxidation sites excluding steroid dienone is 1. The van der Waals surface area contributed by atoms with E-state index in [1.807, 2.05) is 0 Å². The van der Waals surface area contributed by atoms with E-state index in [1.165, 1.54) is 0 Å². The van der Waals surface area contributed by atoms with Gasteiger partial charge in [0.25, 0.3) is 0 Å². The van der Waals surface area contributed by atoms with E-state index in [4.69, 9.17) is 0 Å². The molecule has 0 saturated carbocycles. The Morgan fingerprint density at radius 2 is 2.25 bits per heavy atom. The third-order valence-corrected chi connectivity index (χ3v) is 1.15. The lowest BCUT2D eigenvalue weighted by molar-refractivity contribution is 0.346. The van der Waals surface area contributed by atoms with Gasteiger partial charge in [0.1, 0.15) is 6.26 Å². The molecule has 1 heteroatoms. The lowest BCUT2D eigenvalue weighted by Gasteiger charge is -1.98. The van der Waals surface area contributed by atoms with Crippen LogP contribution in [0.3, 0.4) is 0 Å². The van der Waals surface area contributed by atoms with Crippen molar-refractivity contribution in [2.75, 3.05) is 0 Å². The zero-order valence-electron chi connectivity index (χ0n) is 5.55. The van der Waals surface area contributed by atoms with Gasteiger partial charge in [0.05, 0.1) is 0 Å². The fraction of sp³-hybridized carbons (Fsp3) is 0.714. The van der Waals surface area contributed by atoms with Crippen molar-refractivity contribution in [2.24, 2.45) is 5.92 Å². The minimum Gasteiger partial charge on any atom is -0.299 e. The summed E-state index contributed by atoms with van der Waals surface area (Å²) in [6.07, 6.45) is 4.86. The molecule has 47 valence electrons. The summed E-state index contributed by atoms with van der Waals surface area (Å²) in [6.45, 7) is 4.17. The summed E-state index contributed by atoms with van der Waals surface area (Å²) in [5.74, 6) is 0.470. The summed E-state index contributed by atoms with van der Waals surface area (Å²) < 4.78 is 0. The average molecular weight is 113 g/mol. The van der Waals surface area contributed by atoms with Gasteiger partial charge in [0.15, 0.2) is 0 Å². The highest BCUT2D eigenvalue weighted by molar-refractivity contribution is 4.77. The number of rotatable bonds is 3. The molecule has 1 radical (unpaired) electrons. The van der Waals surface area contributed by atoms with Crippen molar-refractivity contribution in [2.45, 2.75) is 26.7 Å². The van der Waals surface area contributed by atoms with Crippen molar-refractivity contribution < 1.29 is 5.11 Å². The molecule has 1 nitrogen and oxygen atoms in total. The Labute approximate surface area is 51.0 Å². The van der Waals surface area contributed by atoms with Gasteiger partial charge in [0.2, 0.25) is 0 Å². The zero-order valence-corrected chi connectivity index (χ0v) is 5.55. The molecule has 8 heavy (non-hydrogen) atoms. The summed E-state index contributed by atoms with van der Waals surface area (Å²) in [4.78, 5) is 0. The van der Waals surface area contributed by atoms with Gasteiger partial charge >= 0.3 is 0 Å². The molecule has 0 aromatic carbocycles. The topological polar surface area (TPSA) is 19.9 Å². The molecule has 0 aliphatic heterocycles. The van der Waals surface area contributed by atoms with Crippen LogP contribution >= 0.6 is 0 Å². The maximum absolute atomic E-state index is 9.83. The smallest absolute Gasteiger partial charge is 0.139 e. The van der Waals surface area contributed by atoms with E-state index in [9.17, 15) is 5.11 Å².